The second-order valence-electron chi connectivity index (χ2n) is 3.08. The lowest BCUT2D eigenvalue weighted by atomic mass is 10.5. The molecule has 2 aromatic heterocycles. The summed E-state index contributed by atoms with van der Waals surface area (Å²) in [5.41, 5.74) is 10.6. The molecule has 0 saturated heterocycles. The smallest absolute Gasteiger partial charge is 0.353 e. The number of carbonyl (C=O) groups is 1. The van der Waals surface area contributed by atoms with E-state index < -0.39 is 11.6 Å². The van der Waals surface area contributed by atoms with E-state index in [1.165, 1.54) is 6.33 Å². The zero-order valence-corrected chi connectivity index (χ0v) is 8.20. The maximum Gasteiger partial charge on any atom is 0.353 e. The van der Waals surface area contributed by atoms with Gasteiger partial charge in [-0.3, -0.25) is 4.79 Å². The third kappa shape index (κ3) is 1.52. The highest BCUT2D eigenvalue weighted by Crippen LogP contribution is 2.00. The Morgan fingerprint density at radius 3 is 2.88 bits per heavy atom. The quantitative estimate of drug-likeness (QED) is 0.578. The summed E-state index contributed by atoms with van der Waals surface area (Å²) in [4.78, 5) is 26.3. The van der Waals surface area contributed by atoms with Crippen molar-refractivity contribution in [2.24, 2.45) is 11.5 Å². The van der Waals surface area contributed by atoms with Crippen molar-refractivity contribution in [3.8, 4) is 0 Å². The van der Waals surface area contributed by atoms with Crippen LogP contribution < -0.4 is 17.2 Å². The molecule has 4 N–H and O–H groups in total. The van der Waals surface area contributed by atoms with Crippen molar-refractivity contribution in [1.29, 1.82) is 0 Å². The number of carbonyl (C=O) groups excluding carboxylic acids is 1. The van der Waals surface area contributed by atoms with E-state index in [0.717, 1.165) is 9.08 Å². The summed E-state index contributed by atoms with van der Waals surface area (Å²) in [6.45, 7) is -0.164. The van der Waals surface area contributed by atoms with Crippen LogP contribution in [0.25, 0.3) is 5.65 Å². The lowest BCUT2D eigenvalue weighted by Crippen LogP contribution is -2.34. The van der Waals surface area contributed by atoms with Gasteiger partial charge < -0.3 is 11.5 Å². The predicted octanol–water partition coefficient (Wildman–Crippen LogP) is -2.77. The van der Waals surface area contributed by atoms with Gasteiger partial charge in [0, 0.05) is 6.54 Å². The summed E-state index contributed by atoms with van der Waals surface area (Å²) in [5, 5.41) is 7.32. The number of hydrogen-bond donors (Lipinski definition) is 2. The first kappa shape index (κ1) is 10.2. The normalized spacial score (nSPS) is 10.8. The molecule has 0 aliphatic rings. The van der Waals surface area contributed by atoms with E-state index in [9.17, 15) is 9.59 Å². The van der Waals surface area contributed by atoms with Crippen LogP contribution in [0.1, 0.15) is 5.69 Å². The highest BCUT2D eigenvalue weighted by molar-refractivity contribution is 5.73. The van der Waals surface area contributed by atoms with Crippen LogP contribution in [0, 0.1) is 0 Å². The molecular weight excluding hydrogens is 214 g/mol. The highest BCUT2D eigenvalue weighted by atomic mass is 16.2. The Labute approximate surface area is 88.7 Å². The van der Waals surface area contributed by atoms with Crippen LogP contribution in [-0.4, -0.2) is 30.3 Å². The highest BCUT2D eigenvalue weighted by Gasteiger charge is 2.10. The standard InChI is InChI=1S/C7H9N7O2/c8-1-4-6-11-12-14(2-5(9)15)7(16)13(6)3-10-4/h3H,1-2,8H2,(H2,9,15). The Bertz CT molecular complexity index is 598. The SMILES string of the molecule is NCc1ncn2c(=O)n(CC(N)=O)nnc12. The Hall–Kier alpha value is -2.29. The van der Waals surface area contributed by atoms with Crippen molar-refractivity contribution >= 4 is 11.6 Å². The molecule has 9 nitrogen and oxygen atoms in total. The summed E-state index contributed by atoms with van der Waals surface area (Å²) >= 11 is 0. The Kier molecular flexibility index (Phi) is 2.37. The van der Waals surface area contributed by atoms with E-state index in [-0.39, 0.29) is 18.7 Å². The third-order valence-electron chi connectivity index (χ3n) is 1.99. The predicted molar refractivity (Wildman–Crippen MR) is 52.1 cm³/mol. The van der Waals surface area contributed by atoms with Gasteiger partial charge in [-0.15, -0.1) is 5.10 Å². The number of hydrogen-bond acceptors (Lipinski definition) is 6. The van der Waals surface area contributed by atoms with E-state index >= 15 is 0 Å². The van der Waals surface area contributed by atoms with Gasteiger partial charge in [0.1, 0.15) is 18.6 Å². The van der Waals surface area contributed by atoms with Crippen LogP contribution in [0.15, 0.2) is 11.1 Å². The molecule has 0 fully saturated rings. The van der Waals surface area contributed by atoms with Gasteiger partial charge in [-0.05, 0) is 0 Å². The molecule has 0 bridgehead atoms. The van der Waals surface area contributed by atoms with Crippen LogP contribution in [-0.2, 0) is 17.9 Å². The monoisotopic (exact) mass is 223 g/mol. The second kappa shape index (κ2) is 3.70. The number of nitrogens with zero attached hydrogens (tertiary/aromatic N) is 5. The van der Waals surface area contributed by atoms with Gasteiger partial charge >= 0.3 is 5.69 Å². The van der Waals surface area contributed by atoms with E-state index in [2.05, 4.69) is 15.3 Å². The van der Waals surface area contributed by atoms with Gasteiger partial charge in [0.25, 0.3) is 0 Å². The lowest BCUT2D eigenvalue weighted by molar-refractivity contribution is -0.118. The second-order valence-corrected chi connectivity index (χ2v) is 3.08. The van der Waals surface area contributed by atoms with Crippen LogP contribution in [0.5, 0.6) is 0 Å². The molecule has 0 aliphatic carbocycles. The maximum absolute atomic E-state index is 11.7. The van der Waals surface area contributed by atoms with Crippen LogP contribution in [0.3, 0.4) is 0 Å². The summed E-state index contributed by atoms with van der Waals surface area (Å²) in [7, 11) is 0. The van der Waals surface area contributed by atoms with E-state index in [0.29, 0.717) is 5.69 Å². The molecule has 2 heterocycles. The minimum Gasteiger partial charge on any atom is -0.368 e. The summed E-state index contributed by atoms with van der Waals surface area (Å²) in [6.07, 6.45) is 1.28. The first-order valence-electron chi connectivity index (χ1n) is 4.41. The van der Waals surface area contributed by atoms with Crippen LogP contribution >= 0.6 is 0 Å². The zero-order valence-electron chi connectivity index (χ0n) is 8.20. The van der Waals surface area contributed by atoms with Crippen molar-refractivity contribution in [1.82, 2.24) is 24.4 Å². The van der Waals surface area contributed by atoms with E-state index in [1.54, 1.807) is 0 Å². The molecule has 0 aromatic carbocycles. The third-order valence-corrected chi connectivity index (χ3v) is 1.99. The van der Waals surface area contributed by atoms with Crippen molar-refractivity contribution in [3.63, 3.8) is 0 Å². The number of fused-ring (bicyclic) bond motifs is 1. The largest absolute Gasteiger partial charge is 0.368 e. The Morgan fingerprint density at radius 1 is 1.50 bits per heavy atom. The fourth-order valence-electron chi connectivity index (χ4n) is 1.27. The van der Waals surface area contributed by atoms with Gasteiger partial charge in [-0.2, -0.15) is 4.68 Å². The van der Waals surface area contributed by atoms with Crippen LogP contribution in [0.2, 0.25) is 0 Å². The number of nitrogens with two attached hydrogens (primary N) is 2. The molecule has 1 amide bonds. The molecule has 0 aliphatic heterocycles. The molecule has 9 heteroatoms. The Balaban J connectivity index is 2.62. The molecule has 2 rings (SSSR count). The van der Waals surface area contributed by atoms with E-state index in [4.69, 9.17) is 11.5 Å². The molecule has 0 spiro atoms. The van der Waals surface area contributed by atoms with Crippen molar-refractivity contribution in [3.05, 3.63) is 22.5 Å². The minimum absolute atomic E-state index is 0.157. The fourth-order valence-corrected chi connectivity index (χ4v) is 1.27. The average molecular weight is 223 g/mol. The van der Waals surface area contributed by atoms with Crippen molar-refractivity contribution in [2.75, 3.05) is 0 Å². The van der Waals surface area contributed by atoms with Gasteiger partial charge in [0.05, 0.1) is 0 Å². The van der Waals surface area contributed by atoms with Gasteiger partial charge in [-0.25, -0.2) is 14.2 Å². The average Bonchev–Trinajstić information content (AvgIpc) is 2.65. The number of amides is 1. The topological polar surface area (TPSA) is 134 Å². The number of rotatable bonds is 3. The van der Waals surface area contributed by atoms with Gasteiger partial charge in [0.2, 0.25) is 5.91 Å². The molecule has 16 heavy (non-hydrogen) atoms. The van der Waals surface area contributed by atoms with Gasteiger partial charge in [0.15, 0.2) is 5.65 Å². The Morgan fingerprint density at radius 2 is 2.25 bits per heavy atom. The molecular formula is C7H9N7O2. The molecule has 0 atom stereocenters. The molecule has 2 aromatic rings. The molecule has 0 radical (unpaired) electrons. The number of primary amides is 1. The number of imidazole rings is 1. The van der Waals surface area contributed by atoms with Crippen LogP contribution in [0.4, 0.5) is 0 Å². The first-order valence-corrected chi connectivity index (χ1v) is 4.41. The van der Waals surface area contributed by atoms with Gasteiger partial charge in [-0.1, -0.05) is 5.21 Å². The molecule has 0 unspecified atom stereocenters. The van der Waals surface area contributed by atoms with Crippen molar-refractivity contribution < 1.29 is 4.79 Å². The molecule has 0 saturated carbocycles. The zero-order chi connectivity index (χ0) is 11.7. The maximum atomic E-state index is 11.7. The fraction of sp³-hybridized carbons (Fsp3) is 0.286. The summed E-state index contributed by atoms with van der Waals surface area (Å²) in [6, 6.07) is 0. The molecule has 84 valence electrons. The summed E-state index contributed by atoms with van der Waals surface area (Å²) < 4.78 is 2.02. The number of aromatic nitrogens is 5. The first-order chi connectivity index (χ1) is 7.63. The lowest BCUT2D eigenvalue weighted by Gasteiger charge is -2.00. The van der Waals surface area contributed by atoms with Crippen molar-refractivity contribution in [2.45, 2.75) is 13.1 Å². The van der Waals surface area contributed by atoms with E-state index in [1.807, 2.05) is 0 Å². The summed E-state index contributed by atoms with van der Waals surface area (Å²) in [5.74, 6) is -0.671. The minimum atomic E-state index is -0.671.